The number of nitrogens with one attached hydrogen (secondary N) is 2. The van der Waals surface area contributed by atoms with E-state index in [4.69, 9.17) is 5.73 Å². The van der Waals surface area contributed by atoms with Crippen LogP contribution in [0.3, 0.4) is 0 Å². The van der Waals surface area contributed by atoms with Gasteiger partial charge in [-0.05, 0) is 119 Å². The number of primary amides is 1. The molecule has 0 atom stereocenters. The van der Waals surface area contributed by atoms with Gasteiger partial charge in [0.05, 0.1) is 11.4 Å². The summed E-state index contributed by atoms with van der Waals surface area (Å²) in [6.07, 6.45) is 8.00. The van der Waals surface area contributed by atoms with Crippen molar-refractivity contribution >= 4 is 29.1 Å². The van der Waals surface area contributed by atoms with Crippen LogP contribution in [0, 0.1) is 0 Å². The van der Waals surface area contributed by atoms with Crippen molar-refractivity contribution in [3.63, 3.8) is 0 Å². The first-order chi connectivity index (χ1) is 25.3. The van der Waals surface area contributed by atoms with Gasteiger partial charge in [-0.15, -0.1) is 0 Å². The Bertz CT molecular complexity index is 1790. The van der Waals surface area contributed by atoms with Gasteiger partial charge in [-0.25, -0.2) is 0 Å². The number of likely N-dealkylation sites (N-methyl/N-ethyl adjacent to an activating group) is 1. The lowest BCUT2D eigenvalue weighted by Gasteiger charge is -2.24. The van der Waals surface area contributed by atoms with E-state index in [0.29, 0.717) is 40.2 Å². The molecule has 10 nitrogen and oxygen atoms in total. The maximum atomic E-state index is 13.5. The van der Waals surface area contributed by atoms with Gasteiger partial charge in [0, 0.05) is 80.5 Å². The van der Waals surface area contributed by atoms with Gasteiger partial charge in [-0.3, -0.25) is 19.4 Å². The van der Waals surface area contributed by atoms with Gasteiger partial charge < -0.3 is 31.1 Å². The molecule has 1 saturated heterocycles. The minimum absolute atomic E-state index is 0.130. The maximum absolute atomic E-state index is 13.5. The first kappa shape index (κ1) is 38.2. The molecule has 0 unspecified atom stereocenters. The number of nitrogens with two attached hydrogens (primary N) is 1. The van der Waals surface area contributed by atoms with E-state index in [2.05, 4.69) is 63.5 Å². The summed E-state index contributed by atoms with van der Waals surface area (Å²) in [7, 11) is 1.79. The number of hydrogen-bond donors (Lipinski definition) is 3. The van der Waals surface area contributed by atoms with Gasteiger partial charge >= 0.3 is 0 Å². The van der Waals surface area contributed by atoms with E-state index in [1.165, 1.54) is 31.9 Å². The fourth-order valence-corrected chi connectivity index (χ4v) is 6.77. The average Bonchev–Trinajstić information content (AvgIpc) is 3.47. The van der Waals surface area contributed by atoms with Crippen molar-refractivity contribution < 1.29 is 14.4 Å². The average molecular weight is 704 g/mol. The molecular weight excluding hydrogens is 651 g/mol. The highest BCUT2D eigenvalue weighted by Crippen LogP contribution is 2.32. The second-order valence-corrected chi connectivity index (χ2v) is 13.4. The van der Waals surface area contributed by atoms with Gasteiger partial charge in [0.25, 0.3) is 11.8 Å². The quantitative estimate of drug-likeness (QED) is 0.178. The largest absolute Gasteiger partial charge is 0.372 e. The molecule has 3 amide bonds. The molecule has 1 aromatic heterocycles. The Morgan fingerprint density at radius 1 is 0.827 bits per heavy atom. The third-order valence-corrected chi connectivity index (χ3v) is 9.86. The summed E-state index contributed by atoms with van der Waals surface area (Å²) in [4.78, 5) is 49.2. The molecule has 2 heterocycles. The number of aromatic nitrogens is 1. The van der Waals surface area contributed by atoms with E-state index in [0.717, 1.165) is 57.9 Å². The second kappa shape index (κ2) is 19.0. The Labute approximate surface area is 308 Å². The highest BCUT2D eigenvalue weighted by atomic mass is 16.2. The molecule has 1 aliphatic carbocycles. The molecule has 274 valence electrons. The van der Waals surface area contributed by atoms with E-state index in [9.17, 15) is 14.4 Å². The van der Waals surface area contributed by atoms with Crippen molar-refractivity contribution in [3.05, 3.63) is 113 Å². The molecule has 4 N–H and O–H groups in total. The van der Waals surface area contributed by atoms with E-state index in [1.807, 2.05) is 18.2 Å². The van der Waals surface area contributed by atoms with Crippen LogP contribution in [-0.4, -0.2) is 91.9 Å². The molecule has 0 bridgehead atoms. The minimum Gasteiger partial charge on any atom is -0.372 e. The van der Waals surface area contributed by atoms with Gasteiger partial charge in [-0.2, -0.15) is 0 Å². The van der Waals surface area contributed by atoms with Crippen molar-refractivity contribution in [2.24, 2.45) is 5.73 Å². The molecule has 2 aliphatic rings. The zero-order valence-corrected chi connectivity index (χ0v) is 30.9. The molecule has 52 heavy (non-hydrogen) atoms. The first-order valence-electron chi connectivity index (χ1n) is 18.6. The summed E-state index contributed by atoms with van der Waals surface area (Å²) in [5.41, 5.74) is 12.5. The van der Waals surface area contributed by atoms with Crippen LogP contribution in [0.5, 0.6) is 0 Å². The van der Waals surface area contributed by atoms with Crippen molar-refractivity contribution in [3.8, 4) is 11.3 Å². The van der Waals surface area contributed by atoms with E-state index in [-0.39, 0.29) is 11.8 Å². The monoisotopic (exact) mass is 703 g/mol. The van der Waals surface area contributed by atoms with Crippen molar-refractivity contribution in [1.82, 2.24) is 20.1 Å². The number of anilines is 2. The zero-order valence-electron chi connectivity index (χ0n) is 30.9. The summed E-state index contributed by atoms with van der Waals surface area (Å²) in [6, 6.07) is 24.5. The van der Waals surface area contributed by atoms with Crippen molar-refractivity contribution in [2.45, 2.75) is 46.0 Å². The lowest BCUT2D eigenvalue weighted by Crippen LogP contribution is -2.37. The van der Waals surface area contributed by atoms with Crippen LogP contribution >= 0.6 is 0 Å². The van der Waals surface area contributed by atoms with E-state index >= 15 is 0 Å². The van der Waals surface area contributed by atoms with Gasteiger partial charge in [0.15, 0.2) is 0 Å². The molecule has 3 aromatic carbocycles. The maximum Gasteiger partial charge on any atom is 0.255 e. The summed E-state index contributed by atoms with van der Waals surface area (Å²) >= 11 is 0. The molecule has 1 fully saturated rings. The Morgan fingerprint density at radius 3 is 2.27 bits per heavy atom. The number of pyridine rings is 1. The van der Waals surface area contributed by atoms with E-state index in [1.54, 1.807) is 59.5 Å². The van der Waals surface area contributed by atoms with Crippen LogP contribution in [0.25, 0.3) is 11.3 Å². The third-order valence-electron chi connectivity index (χ3n) is 9.86. The van der Waals surface area contributed by atoms with Crippen LogP contribution in [0.1, 0.15) is 75.3 Å². The van der Waals surface area contributed by atoms with Crippen LogP contribution < -0.4 is 21.3 Å². The molecule has 6 rings (SSSR count). The predicted octanol–water partition coefficient (Wildman–Crippen LogP) is 5.88. The molecule has 0 spiro atoms. The zero-order chi connectivity index (χ0) is 36.9. The third kappa shape index (κ3) is 10.3. The molecule has 4 aromatic rings. The topological polar surface area (TPSA) is 124 Å². The van der Waals surface area contributed by atoms with Crippen LogP contribution in [-0.2, 0) is 12.8 Å². The first-order valence-corrected chi connectivity index (χ1v) is 18.6. The normalized spacial score (nSPS) is 14.2. The lowest BCUT2D eigenvalue weighted by atomic mass is 9.92. The number of carbonyl (C=O) groups excluding carboxylic acids is 3. The number of benzene rings is 3. The number of carbonyl (C=O) groups is 3. The molecule has 0 saturated carbocycles. The fraction of sp³-hybridized carbons (Fsp3) is 0.381. The number of aryl methyl sites for hydroxylation is 2. The predicted molar refractivity (Wildman–Crippen MR) is 210 cm³/mol. The lowest BCUT2D eigenvalue weighted by molar-refractivity contribution is 0.0779. The summed E-state index contributed by atoms with van der Waals surface area (Å²) in [5, 5.41) is 6.39. The van der Waals surface area contributed by atoms with Crippen LogP contribution in [0.15, 0.2) is 85.1 Å². The molecule has 0 radical (unpaired) electrons. The Kier molecular flexibility index (Phi) is 13.9. The SMILES string of the molecule is CCN(CC)c1ccc(NC(=O)c2cccc(C(=O)N(C)CCN3CCCNCC3)c2)c(-c2cc(C(N)=O)ccn2)c1.c1ccc2c(c1)CCCC2. The van der Waals surface area contributed by atoms with Gasteiger partial charge in [-0.1, -0.05) is 30.3 Å². The molecule has 10 heteroatoms. The Hall–Kier alpha value is -5.06. The highest BCUT2D eigenvalue weighted by Gasteiger charge is 2.19. The van der Waals surface area contributed by atoms with Gasteiger partial charge in [0.1, 0.15) is 0 Å². The smallest absolute Gasteiger partial charge is 0.255 e. The van der Waals surface area contributed by atoms with Gasteiger partial charge in [0.2, 0.25) is 5.91 Å². The van der Waals surface area contributed by atoms with E-state index < -0.39 is 5.91 Å². The number of fused-ring (bicyclic) bond motifs is 1. The van der Waals surface area contributed by atoms with Crippen molar-refractivity contribution in [2.75, 3.05) is 69.6 Å². The minimum atomic E-state index is -0.556. The fourth-order valence-electron chi connectivity index (χ4n) is 6.77. The van der Waals surface area contributed by atoms with Crippen LogP contribution in [0.2, 0.25) is 0 Å². The number of amides is 3. The summed E-state index contributed by atoms with van der Waals surface area (Å²) in [5.74, 6) is -1.04. The highest BCUT2D eigenvalue weighted by molar-refractivity contribution is 6.08. The van der Waals surface area contributed by atoms with Crippen LogP contribution in [0.4, 0.5) is 11.4 Å². The number of rotatable bonds is 11. The molecular formula is C42H53N7O3. The summed E-state index contributed by atoms with van der Waals surface area (Å²) < 4.78 is 0. The number of hydrogen-bond acceptors (Lipinski definition) is 7. The Morgan fingerprint density at radius 2 is 1.56 bits per heavy atom. The summed E-state index contributed by atoms with van der Waals surface area (Å²) in [6.45, 7) is 11.1. The van der Waals surface area contributed by atoms with Crippen molar-refractivity contribution in [1.29, 1.82) is 0 Å². The Balaban J connectivity index is 0.000000444. The second-order valence-electron chi connectivity index (χ2n) is 13.4. The molecule has 1 aliphatic heterocycles. The standard InChI is InChI=1S/C32H41N7O3.C10H12/c1-4-39(5-2)26-10-11-28(27(22-26)29-21-23(30(33)40)12-14-35-29)36-31(41)24-8-6-9-25(20-24)32(42)37(3)18-19-38-16-7-13-34-15-17-38;1-2-6-10-8-4-3-7-9(10)5-1/h6,8-12,14,20-22,34H,4-5,7,13,15-19H2,1-3H3,(H2,33,40)(H,36,41);1-2,5-6H,3-4,7-8H2. The number of nitrogens with zero attached hydrogens (tertiary/aromatic N) is 4.